The number of guanidine groups is 1. The number of hydrogen-bond donors (Lipinski definition) is 3. The lowest BCUT2D eigenvalue weighted by Crippen LogP contribution is -2.34. The fourth-order valence-electron chi connectivity index (χ4n) is 2.19. The van der Waals surface area contributed by atoms with Crippen molar-refractivity contribution in [3.8, 4) is 0 Å². The summed E-state index contributed by atoms with van der Waals surface area (Å²) in [5.74, 6) is 0.0168. The molecule has 0 spiro atoms. The molecule has 7 nitrogen and oxygen atoms in total. The molecule has 8 heteroatoms. The van der Waals surface area contributed by atoms with E-state index >= 15 is 0 Å². The molecule has 0 unspecified atom stereocenters. The Morgan fingerprint density at radius 1 is 1.32 bits per heavy atom. The number of benzene rings is 1. The highest BCUT2D eigenvalue weighted by Crippen LogP contribution is 2.13. The minimum Gasteiger partial charge on any atom is -0.370 e. The lowest BCUT2D eigenvalue weighted by atomic mass is 10.1. The molecule has 1 aromatic carbocycles. The van der Waals surface area contributed by atoms with Crippen molar-refractivity contribution in [2.24, 2.45) is 10.7 Å². The zero-order chi connectivity index (χ0) is 15.4. The van der Waals surface area contributed by atoms with E-state index < -0.39 is 0 Å². The molecule has 0 saturated carbocycles. The van der Waals surface area contributed by atoms with Crippen LogP contribution >= 0.6 is 24.0 Å². The van der Waals surface area contributed by atoms with Gasteiger partial charge in [-0.05, 0) is 37.1 Å². The molecule has 0 aromatic heterocycles. The predicted molar refractivity (Wildman–Crippen MR) is 96.6 cm³/mol. The maximum Gasteiger partial charge on any atom is 0.324 e. The number of halogens is 1. The zero-order valence-corrected chi connectivity index (χ0v) is 14.9. The predicted octanol–water partition coefficient (Wildman–Crippen LogP) is 1.20. The summed E-state index contributed by atoms with van der Waals surface area (Å²) < 4.78 is 0. The largest absolute Gasteiger partial charge is 0.370 e. The Labute approximate surface area is 146 Å². The molecular weight excluding hydrogens is 397 g/mol. The molecule has 0 atom stereocenters. The number of nitrogens with zero attached hydrogens (tertiary/aromatic N) is 2. The van der Waals surface area contributed by atoms with Crippen LogP contribution in [0.25, 0.3) is 0 Å². The number of amides is 3. The molecule has 22 heavy (non-hydrogen) atoms. The van der Waals surface area contributed by atoms with Crippen LogP contribution in [0.4, 0.5) is 10.5 Å². The SMILES string of the molecule is Cc1cc(C)cc(NC(N)=NCCN2C(=O)CNC2=O)c1.I. The second kappa shape index (κ2) is 7.97. The fourth-order valence-corrected chi connectivity index (χ4v) is 2.19. The molecule has 0 bridgehead atoms. The fraction of sp³-hybridized carbons (Fsp3) is 0.357. The molecule has 1 fully saturated rings. The van der Waals surface area contributed by atoms with Crippen LogP contribution in [-0.2, 0) is 4.79 Å². The van der Waals surface area contributed by atoms with Gasteiger partial charge < -0.3 is 16.4 Å². The van der Waals surface area contributed by atoms with E-state index in [9.17, 15) is 9.59 Å². The van der Waals surface area contributed by atoms with Crippen molar-refractivity contribution in [3.63, 3.8) is 0 Å². The van der Waals surface area contributed by atoms with Crippen LogP contribution < -0.4 is 16.4 Å². The van der Waals surface area contributed by atoms with Gasteiger partial charge in [-0.15, -0.1) is 24.0 Å². The number of anilines is 1. The summed E-state index contributed by atoms with van der Waals surface area (Å²) in [5, 5.41) is 5.45. The average molecular weight is 417 g/mol. The van der Waals surface area contributed by atoms with Crippen LogP contribution in [0.2, 0.25) is 0 Å². The van der Waals surface area contributed by atoms with Crippen molar-refractivity contribution in [2.75, 3.05) is 25.0 Å². The van der Waals surface area contributed by atoms with Crippen LogP contribution in [0.1, 0.15) is 11.1 Å². The monoisotopic (exact) mass is 417 g/mol. The topological polar surface area (TPSA) is 99.8 Å². The Kier molecular flexibility index (Phi) is 6.60. The molecule has 1 saturated heterocycles. The van der Waals surface area contributed by atoms with E-state index in [-0.39, 0.29) is 61.5 Å². The highest BCUT2D eigenvalue weighted by molar-refractivity contribution is 14.0. The van der Waals surface area contributed by atoms with Crippen molar-refractivity contribution in [3.05, 3.63) is 29.3 Å². The van der Waals surface area contributed by atoms with Crippen molar-refractivity contribution in [2.45, 2.75) is 13.8 Å². The van der Waals surface area contributed by atoms with E-state index in [2.05, 4.69) is 21.7 Å². The Balaban J connectivity index is 0.00000242. The van der Waals surface area contributed by atoms with Gasteiger partial charge in [-0.1, -0.05) is 6.07 Å². The van der Waals surface area contributed by atoms with Gasteiger partial charge in [-0.25, -0.2) is 4.79 Å². The minimum absolute atomic E-state index is 0. The Morgan fingerprint density at radius 2 is 1.95 bits per heavy atom. The molecule has 1 aromatic rings. The molecule has 1 heterocycles. The van der Waals surface area contributed by atoms with Crippen LogP contribution in [0, 0.1) is 13.8 Å². The van der Waals surface area contributed by atoms with Crippen LogP contribution in [-0.4, -0.2) is 42.4 Å². The molecule has 1 aliphatic heterocycles. The van der Waals surface area contributed by atoms with Crippen molar-refractivity contribution in [1.29, 1.82) is 0 Å². The zero-order valence-electron chi connectivity index (χ0n) is 12.5. The van der Waals surface area contributed by atoms with Gasteiger partial charge in [0, 0.05) is 5.69 Å². The van der Waals surface area contributed by atoms with Crippen molar-refractivity contribution >= 4 is 47.6 Å². The maximum absolute atomic E-state index is 11.4. The van der Waals surface area contributed by atoms with Gasteiger partial charge in [0.15, 0.2) is 5.96 Å². The number of hydrogen-bond acceptors (Lipinski definition) is 3. The third-order valence-corrected chi connectivity index (χ3v) is 3.04. The van der Waals surface area contributed by atoms with Gasteiger partial charge in [0.1, 0.15) is 0 Å². The number of nitrogens with two attached hydrogens (primary N) is 1. The summed E-state index contributed by atoms with van der Waals surface area (Å²) in [6.45, 7) is 4.55. The van der Waals surface area contributed by atoms with E-state index in [1.165, 1.54) is 0 Å². The average Bonchev–Trinajstić information content (AvgIpc) is 2.69. The van der Waals surface area contributed by atoms with E-state index in [4.69, 9.17) is 5.73 Å². The summed E-state index contributed by atoms with van der Waals surface area (Å²) >= 11 is 0. The number of aryl methyl sites for hydroxylation is 2. The number of carbonyl (C=O) groups is 2. The molecule has 1 aliphatic rings. The maximum atomic E-state index is 11.4. The quantitative estimate of drug-likeness (QED) is 0.297. The van der Waals surface area contributed by atoms with E-state index in [0.29, 0.717) is 0 Å². The number of rotatable bonds is 4. The molecule has 4 N–H and O–H groups in total. The van der Waals surface area contributed by atoms with E-state index in [1.807, 2.05) is 26.0 Å². The normalized spacial score (nSPS) is 14.6. The highest BCUT2D eigenvalue weighted by Gasteiger charge is 2.27. The summed E-state index contributed by atoms with van der Waals surface area (Å²) in [6.07, 6.45) is 0. The second-order valence-electron chi connectivity index (χ2n) is 4.97. The third-order valence-electron chi connectivity index (χ3n) is 3.04. The molecule has 0 radical (unpaired) electrons. The number of carbonyl (C=O) groups excluding carboxylic acids is 2. The van der Waals surface area contributed by atoms with E-state index in [1.54, 1.807) is 0 Å². The lowest BCUT2D eigenvalue weighted by molar-refractivity contribution is -0.124. The van der Waals surface area contributed by atoms with Gasteiger partial charge in [-0.3, -0.25) is 14.7 Å². The summed E-state index contributed by atoms with van der Waals surface area (Å²) in [5.41, 5.74) is 8.92. The highest BCUT2D eigenvalue weighted by atomic mass is 127. The first-order valence-electron chi connectivity index (χ1n) is 6.69. The molecular formula is C14H20IN5O2. The van der Waals surface area contributed by atoms with Crippen LogP contribution in [0.15, 0.2) is 23.2 Å². The summed E-state index contributed by atoms with van der Waals surface area (Å²) in [7, 11) is 0. The van der Waals surface area contributed by atoms with Crippen LogP contribution in [0.3, 0.4) is 0 Å². The third kappa shape index (κ3) is 4.86. The van der Waals surface area contributed by atoms with Gasteiger partial charge in [-0.2, -0.15) is 0 Å². The molecule has 0 aliphatic carbocycles. The molecule has 3 amide bonds. The Hall–Kier alpha value is -1.84. The van der Waals surface area contributed by atoms with E-state index in [0.717, 1.165) is 21.7 Å². The molecule has 2 rings (SSSR count). The van der Waals surface area contributed by atoms with Gasteiger partial charge >= 0.3 is 6.03 Å². The van der Waals surface area contributed by atoms with Gasteiger partial charge in [0.05, 0.1) is 19.6 Å². The van der Waals surface area contributed by atoms with Crippen molar-refractivity contribution in [1.82, 2.24) is 10.2 Å². The Morgan fingerprint density at radius 3 is 2.50 bits per heavy atom. The van der Waals surface area contributed by atoms with Crippen LogP contribution in [0.5, 0.6) is 0 Å². The Bertz CT molecular complexity index is 567. The standard InChI is InChI=1S/C14H19N5O2.HI/c1-9-5-10(2)7-11(6-9)18-13(15)16-3-4-19-12(20)8-17-14(19)21;/h5-7H,3-4,8H2,1-2H3,(H,17,21)(H3,15,16,18);1H. The number of nitrogens with one attached hydrogen (secondary N) is 2. The first kappa shape index (κ1) is 18.2. The first-order valence-corrected chi connectivity index (χ1v) is 6.69. The smallest absolute Gasteiger partial charge is 0.324 e. The number of imide groups is 1. The van der Waals surface area contributed by atoms with Gasteiger partial charge in [0.2, 0.25) is 5.91 Å². The summed E-state index contributed by atoms with van der Waals surface area (Å²) in [4.78, 5) is 28.0. The first-order chi connectivity index (χ1) is 9.95. The molecule has 120 valence electrons. The lowest BCUT2D eigenvalue weighted by Gasteiger charge is -2.11. The summed E-state index contributed by atoms with van der Waals surface area (Å²) in [6, 6.07) is 5.62. The number of urea groups is 1. The minimum atomic E-state index is -0.379. The van der Waals surface area contributed by atoms with Crippen molar-refractivity contribution < 1.29 is 9.59 Å². The second-order valence-corrected chi connectivity index (χ2v) is 4.97. The number of aliphatic imine (C=N–C) groups is 1. The van der Waals surface area contributed by atoms with Gasteiger partial charge in [0.25, 0.3) is 0 Å².